The van der Waals surface area contributed by atoms with Crippen molar-refractivity contribution in [1.29, 1.82) is 0 Å². The van der Waals surface area contributed by atoms with E-state index >= 15 is 0 Å². The van der Waals surface area contributed by atoms with E-state index in [0.29, 0.717) is 17.4 Å². The maximum atomic E-state index is 12.5. The van der Waals surface area contributed by atoms with Gasteiger partial charge in [-0.1, -0.05) is 63.6 Å². The summed E-state index contributed by atoms with van der Waals surface area (Å²) in [5.41, 5.74) is 1.72. The second-order valence-corrected chi connectivity index (χ2v) is 5.50. The summed E-state index contributed by atoms with van der Waals surface area (Å²) >= 11 is 3.52. The van der Waals surface area contributed by atoms with Gasteiger partial charge < -0.3 is 0 Å². The van der Waals surface area contributed by atoms with Crippen molar-refractivity contribution >= 4 is 26.8 Å². The fraction of sp³-hybridized carbons (Fsp3) is 0.188. The molecule has 106 valence electrons. The highest BCUT2D eigenvalue weighted by atomic mass is 79.9. The SMILES string of the molecule is O=c1c2ccccc2nnn1CC(CBr)c1ccccc1. The summed E-state index contributed by atoms with van der Waals surface area (Å²) in [7, 11) is 0. The summed E-state index contributed by atoms with van der Waals surface area (Å²) in [5.74, 6) is 0.180. The Hall–Kier alpha value is -2.01. The van der Waals surface area contributed by atoms with Gasteiger partial charge in [0.2, 0.25) is 0 Å². The van der Waals surface area contributed by atoms with Gasteiger partial charge in [-0.2, -0.15) is 0 Å². The Balaban J connectivity index is 1.97. The molecule has 0 aliphatic rings. The number of aromatic nitrogens is 3. The van der Waals surface area contributed by atoms with Crippen LogP contribution in [0.15, 0.2) is 59.4 Å². The molecule has 1 aromatic heterocycles. The smallest absolute Gasteiger partial charge is 0.267 e. The van der Waals surface area contributed by atoms with Crippen molar-refractivity contribution in [3.63, 3.8) is 0 Å². The zero-order chi connectivity index (χ0) is 14.7. The Bertz CT molecular complexity index is 801. The summed E-state index contributed by atoms with van der Waals surface area (Å²) in [6.45, 7) is 0.506. The first-order chi connectivity index (χ1) is 10.3. The molecule has 5 heteroatoms. The van der Waals surface area contributed by atoms with E-state index in [4.69, 9.17) is 0 Å². The highest BCUT2D eigenvalue weighted by Crippen LogP contribution is 2.19. The summed E-state index contributed by atoms with van der Waals surface area (Å²) in [4.78, 5) is 12.5. The van der Waals surface area contributed by atoms with Crippen molar-refractivity contribution < 1.29 is 0 Å². The van der Waals surface area contributed by atoms with Crippen LogP contribution in [0, 0.1) is 0 Å². The molecule has 2 aromatic carbocycles. The van der Waals surface area contributed by atoms with Crippen LogP contribution in [-0.2, 0) is 6.54 Å². The number of alkyl halides is 1. The number of rotatable bonds is 4. The first-order valence-corrected chi connectivity index (χ1v) is 7.85. The molecule has 0 amide bonds. The van der Waals surface area contributed by atoms with Crippen LogP contribution < -0.4 is 5.56 Å². The summed E-state index contributed by atoms with van der Waals surface area (Å²) < 4.78 is 1.45. The molecular weight excluding hydrogens is 330 g/mol. The fourth-order valence-corrected chi connectivity index (χ4v) is 2.90. The topological polar surface area (TPSA) is 47.8 Å². The van der Waals surface area contributed by atoms with E-state index < -0.39 is 0 Å². The van der Waals surface area contributed by atoms with Crippen molar-refractivity contribution in [2.45, 2.75) is 12.5 Å². The molecule has 0 fully saturated rings. The second-order valence-electron chi connectivity index (χ2n) is 4.86. The fourth-order valence-electron chi connectivity index (χ4n) is 2.32. The van der Waals surface area contributed by atoms with Gasteiger partial charge in [0, 0.05) is 11.2 Å². The maximum absolute atomic E-state index is 12.5. The van der Waals surface area contributed by atoms with Gasteiger partial charge in [-0.05, 0) is 17.7 Å². The molecule has 1 atom stereocenters. The van der Waals surface area contributed by atoms with E-state index in [1.807, 2.05) is 30.3 Å². The highest BCUT2D eigenvalue weighted by molar-refractivity contribution is 9.09. The van der Waals surface area contributed by atoms with Crippen molar-refractivity contribution in [1.82, 2.24) is 15.0 Å². The van der Waals surface area contributed by atoms with E-state index in [9.17, 15) is 4.79 Å². The van der Waals surface area contributed by atoms with Crippen LogP contribution in [0.4, 0.5) is 0 Å². The number of halogens is 1. The highest BCUT2D eigenvalue weighted by Gasteiger charge is 2.13. The third kappa shape index (κ3) is 2.88. The lowest BCUT2D eigenvalue weighted by Gasteiger charge is -2.15. The Morgan fingerprint density at radius 2 is 1.76 bits per heavy atom. The van der Waals surface area contributed by atoms with Gasteiger partial charge in [-0.3, -0.25) is 4.79 Å². The van der Waals surface area contributed by atoms with Crippen molar-refractivity contribution in [3.8, 4) is 0 Å². The van der Waals surface area contributed by atoms with Crippen LogP contribution in [0.5, 0.6) is 0 Å². The Kier molecular flexibility index (Phi) is 4.10. The zero-order valence-electron chi connectivity index (χ0n) is 11.3. The Morgan fingerprint density at radius 3 is 2.52 bits per heavy atom. The Morgan fingerprint density at radius 1 is 1.05 bits per heavy atom. The third-order valence-electron chi connectivity index (χ3n) is 3.48. The molecule has 1 unspecified atom stereocenters. The lowest BCUT2D eigenvalue weighted by atomic mass is 10.0. The minimum absolute atomic E-state index is 0.0949. The van der Waals surface area contributed by atoms with Crippen LogP contribution in [-0.4, -0.2) is 20.3 Å². The van der Waals surface area contributed by atoms with Crippen molar-refractivity contribution in [2.75, 3.05) is 5.33 Å². The number of fused-ring (bicyclic) bond motifs is 1. The van der Waals surface area contributed by atoms with Gasteiger partial charge >= 0.3 is 0 Å². The molecule has 0 aliphatic carbocycles. The molecule has 0 saturated heterocycles. The molecule has 0 saturated carbocycles. The average molecular weight is 344 g/mol. The van der Waals surface area contributed by atoms with E-state index in [2.05, 4.69) is 38.4 Å². The van der Waals surface area contributed by atoms with E-state index in [-0.39, 0.29) is 11.5 Å². The normalized spacial score (nSPS) is 12.4. The molecule has 0 radical (unpaired) electrons. The lowest BCUT2D eigenvalue weighted by Crippen LogP contribution is -2.27. The van der Waals surface area contributed by atoms with Crippen LogP contribution >= 0.6 is 15.9 Å². The quantitative estimate of drug-likeness (QED) is 0.684. The van der Waals surface area contributed by atoms with Crippen molar-refractivity contribution in [3.05, 3.63) is 70.5 Å². The Labute approximate surface area is 130 Å². The van der Waals surface area contributed by atoms with Crippen LogP contribution in [0.1, 0.15) is 11.5 Å². The van der Waals surface area contributed by atoms with E-state index in [1.165, 1.54) is 10.2 Å². The molecule has 0 spiro atoms. The maximum Gasteiger partial charge on any atom is 0.277 e. The van der Waals surface area contributed by atoms with Gasteiger partial charge in [0.05, 0.1) is 11.9 Å². The largest absolute Gasteiger partial charge is 0.277 e. The predicted octanol–water partition coefficient (Wildman–Crippen LogP) is 2.97. The average Bonchev–Trinajstić information content (AvgIpc) is 2.55. The number of hydrogen-bond donors (Lipinski definition) is 0. The van der Waals surface area contributed by atoms with Gasteiger partial charge in [0.1, 0.15) is 5.52 Å². The minimum Gasteiger partial charge on any atom is -0.267 e. The molecule has 1 heterocycles. The van der Waals surface area contributed by atoms with Gasteiger partial charge in [-0.15, -0.1) is 5.10 Å². The number of benzene rings is 2. The van der Waals surface area contributed by atoms with Crippen LogP contribution in [0.3, 0.4) is 0 Å². The van der Waals surface area contributed by atoms with Gasteiger partial charge in [0.15, 0.2) is 0 Å². The molecule has 3 rings (SSSR count). The van der Waals surface area contributed by atoms with Crippen molar-refractivity contribution in [2.24, 2.45) is 0 Å². The summed E-state index contributed by atoms with van der Waals surface area (Å²) in [6, 6.07) is 17.4. The van der Waals surface area contributed by atoms with E-state index in [1.54, 1.807) is 12.1 Å². The zero-order valence-corrected chi connectivity index (χ0v) is 12.9. The molecule has 0 N–H and O–H groups in total. The first-order valence-electron chi connectivity index (χ1n) is 6.73. The van der Waals surface area contributed by atoms with Crippen LogP contribution in [0.2, 0.25) is 0 Å². The minimum atomic E-state index is -0.0949. The molecule has 21 heavy (non-hydrogen) atoms. The number of hydrogen-bond acceptors (Lipinski definition) is 3. The molecular formula is C16H14BrN3O. The summed E-state index contributed by atoms with van der Waals surface area (Å²) in [5, 5.41) is 9.54. The van der Waals surface area contributed by atoms with Gasteiger partial charge in [0.25, 0.3) is 5.56 Å². The molecule has 3 aromatic rings. The molecule has 4 nitrogen and oxygen atoms in total. The molecule has 0 aliphatic heterocycles. The van der Waals surface area contributed by atoms with Crippen LogP contribution in [0.25, 0.3) is 10.9 Å². The first kappa shape index (κ1) is 13.9. The monoisotopic (exact) mass is 343 g/mol. The predicted molar refractivity (Wildman–Crippen MR) is 86.8 cm³/mol. The lowest BCUT2D eigenvalue weighted by molar-refractivity contribution is 0.503. The number of nitrogens with zero attached hydrogens (tertiary/aromatic N) is 3. The third-order valence-corrected chi connectivity index (χ3v) is 4.26. The standard InChI is InChI=1S/C16H14BrN3O/c17-10-13(12-6-2-1-3-7-12)11-20-16(21)14-8-4-5-9-15(14)18-19-20/h1-9,13H,10-11H2. The molecule has 0 bridgehead atoms. The van der Waals surface area contributed by atoms with Gasteiger partial charge in [-0.25, -0.2) is 4.68 Å². The van der Waals surface area contributed by atoms with E-state index in [0.717, 1.165) is 5.33 Å². The summed E-state index contributed by atoms with van der Waals surface area (Å²) in [6.07, 6.45) is 0. The second kappa shape index (κ2) is 6.18.